The van der Waals surface area contributed by atoms with Gasteiger partial charge in [-0.05, 0) is 41.5 Å². The van der Waals surface area contributed by atoms with Gasteiger partial charge in [-0.2, -0.15) is 0 Å². The molecule has 0 atom stereocenters. The third-order valence-electron chi connectivity index (χ3n) is 3.29. The van der Waals surface area contributed by atoms with E-state index < -0.39 is 5.91 Å². The molecule has 130 valence electrons. The number of carbonyl (C=O) groups is 2. The van der Waals surface area contributed by atoms with Crippen molar-refractivity contribution in [3.8, 4) is 11.5 Å². The van der Waals surface area contributed by atoms with Gasteiger partial charge in [0.25, 0.3) is 5.91 Å². The topological polar surface area (TPSA) is 90.7 Å². The van der Waals surface area contributed by atoms with Crippen LogP contribution in [0.5, 0.6) is 11.5 Å². The van der Waals surface area contributed by atoms with Gasteiger partial charge in [-0.3, -0.25) is 9.59 Å². The van der Waals surface area contributed by atoms with E-state index in [1.165, 1.54) is 6.08 Å². The maximum atomic E-state index is 11.9. The van der Waals surface area contributed by atoms with Crippen LogP contribution >= 0.6 is 0 Å². The molecule has 3 N–H and O–H groups in total. The Labute approximate surface area is 146 Å². The number of nitrogens with one attached hydrogen (secondary N) is 1. The number of ether oxygens (including phenoxy) is 2. The van der Waals surface area contributed by atoms with E-state index in [1.807, 2.05) is 24.3 Å². The molecule has 2 aromatic rings. The van der Waals surface area contributed by atoms with Crippen LogP contribution in [0.25, 0.3) is 6.08 Å². The SMILES string of the molecule is COc1cccc(CNC(=O)/C=C/c2ccc(OCC(N)=O)cc2)c1. The lowest BCUT2D eigenvalue weighted by Crippen LogP contribution is -2.20. The van der Waals surface area contributed by atoms with Crippen molar-refractivity contribution in [2.75, 3.05) is 13.7 Å². The summed E-state index contributed by atoms with van der Waals surface area (Å²) in [6.07, 6.45) is 3.15. The van der Waals surface area contributed by atoms with Crippen molar-refractivity contribution < 1.29 is 19.1 Å². The molecule has 0 fully saturated rings. The first-order valence-corrected chi connectivity index (χ1v) is 7.67. The number of nitrogens with two attached hydrogens (primary N) is 1. The molecule has 0 spiro atoms. The number of rotatable bonds is 8. The molecule has 0 heterocycles. The lowest BCUT2D eigenvalue weighted by molar-refractivity contribution is -0.120. The molecule has 0 radical (unpaired) electrons. The van der Waals surface area contributed by atoms with Crippen molar-refractivity contribution in [2.24, 2.45) is 5.73 Å². The van der Waals surface area contributed by atoms with E-state index in [9.17, 15) is 9.59 Å². The van der Waals surface area contributed by atoms with Crippen LogP contribution in [-0.2, 0) is 16.1 Å². The molecular formula is C19H20N2O4. The van der Waals surface area contributed by atoms with E-state index in [0.29, 0.717) is 12.3 Å². The Morgan fingerprint density at radius 1 is 1.12 bits per heavy atom. The van der Waals surface area contributed by atoms with Crippen LogP contribution in [0.2, 0.25) is 0 Å². The Bertz CT molecular complexity index is 754. The number of carbonyl (C=O) groups excluding carboxylic acids is 2. The Balaban J connectivity index is 1.84. The molecule has 0 aliphatic rings. The van der Waals surface area contributed by atoms with Gasteiger partial charge in [-0.25, -0.2) is 0 Å². The quantitative estimate of drug-likeness (QED) is 0.718. The molecule has 6 nitrogen and oxygen atoms in total. The van der Waals surface area contributed by atoms with Crippen LogP contribution in [-0.4, -0.2) is 25.5 Å². The molecule has 2 rings (SSSR count). The summed E-state index contributed by atoms with van der Waals surface area (Å²) in [5.74, 6) is 0.563. The average Bonchev–Trinajstić information content (AvgIpc) is 2.64. The summed E-state index contributed by atoms with van der Waals surface area (Å²) in [7, 11) is 1.60. The van der Waals surface area contributed by atoms with Crippen molar-refractivity contribution in [1.82, 2.24) is 5.32 Å². The zero-order chi connectivity index (χ0) is 18.1. The fourth-order valence-corrected chi connectivity index (χ4v) is 2.03. The maximum absolute atomic E-state index is 11.9. The Kier molecular flexibility index (Phi) is 6.59. The molecule has 0 aliphatic carbocycles. The van der Waals surface area contributed by atoms with Gasteiger partial charge in [0.05, 0.1) is 7.11 Å². The largest absolute Gasteiger partial charge is 0.497 e. The number of hydrogen-bond donors (Lipinski definition) is 2. The smallest absolute Gasteiger partial charge is 0.255 e. The summed E-state index contributed by atoms with van der Waals surface area (Å²) < 4.78 is 10.3. The third-order valence-corrected chi connectivity index (χ3v) is 3.29. The molecular weight excluding hydrogens is 320 g/mol. The monoisotopic (exact) mass is 340 g/mol. The second-order valence-electron chi connectivity index (χ2n) is 5.23. The highest BCUT2D eigenvalue weighted by atomic mass is 16.5. The van der Waals surface area contributed by atoms with E-state index in [0.717, 1.165) is 16.9 Å². The van der Waals surface area contributed by atoms with Gasteiger partial charge in [0.2, 0.25) is 5.91 Å². The summed E-state index contributed by atoms with van der Waals surface area (Å²) in [4.78, 5) is 22.5. The molecule has 25 heavy (non-hydrogen) atoms. The summed E-state index contributed by atoms with van der Waals surface area (Å²) >= 11 is 0. The van der Waals surface area contributed by atoms with Crippen molar-refractivity contribution in [3.63, 3.8) is 0 Å². The summed E-state index contributed by atoms with van der Waals surface area (Å²) in [6.45, 7) is 0.252. The molecule has 6 heteroatoms. The fourth-order valence-electron chi connectivity index (χ4n) is 2.03. The minimum absolute atomic E-state index is 0.165. The standard InChI is InChI=1S/C19H20N2O4/c1-24-17-4-2-3-15(11-17)12-21-19(23)10-7-14-5-8-16(9-6-14)25-13-18(20)22/h2-11H,12-13H2,1H3,(H2,20,22)(H,21,23)/b10-7+. The van der Waals surface area contributed by atoms with Gasteiger partial charge in [0.15, 0.2) is 6.61 Å². The number of benzene rings is 2. The van der Waals surface area contributed by atoms with Crippen LogP contribution in [0.3, 0.4) is 0 Å². The van der Waals surface area contributed by atoms with E-state index in [4.69, 9.17) is 15.2 Å². The third kappa shape index (κ3) is 6.39. The summed E-state index contributed by atoms with van der Waals surface area (Å²) in [5.41, 5.74) is 6.80. The van der Waals surface area contributed by atoms with Crippen molar-refractivity contribution in [1.29, 1.82) is 0 Å². The first-order chi connectivity index (χ1) is 12.1. The molecule has 0 saturated heterocycles. The normalized spacial score (nSPS) is 10.4. The van der Waals surface area contributed by atoms with Gasteiger partial charge in [-0.1, -0.05) is 24.3 Å². The van der Waals surface area contributed by atoms with Gasteiger partial charge in [0.1, 0.15) is 11.5 Å². The minimum Gasteiger partial charge on any atom is -0.497 e. The summed E-state index contributed by atoms with van der Waals surface area (Å²) in [6, 6.07) is 14.5. The zero-order valence-electron chi connectivity index (χ0n) is 13.9. The van der Waals surface area contributed by atoms with Crippen LogP contribution in [0.15, 0.2) is 54.6 Å². The Morgan fingerprint density at radius 2 is 1.88 bits per heavy atom. The summed E-state index contributed by atoms with van der Waals surface area (Å²) in [5, 5.41) is 2.81. The molecule has 0 aliphatic heterocycles. The first-order valence-electron chi connectivity index (χ1n) is 7.67. The van der Waals surface area contributed by atoms with Crippen molar-refractivity contribution in [3.05, 3.63) is 65.7 Å². The zero-order valence-corrected chi connectivity index (χ0v) is 13.9. The minimum atomic E-state index is -0.531. The lowest BCUT2D eigenvalue weighted by atomic mass is 10.2. The van der Waals surface area contributed by atoms with Crippen molar-refractivity contribution in [2.45, 2.75) is 6.54 Å². The van der Waals surface area contributed by atoms with E-state index >= 15 is 0 Å². The van der Waals surface area contributed by atoms with Crippen LogP contribution in [0, 0.1) is 0 Å². The highest BCUT2D eigenvalue weighted by molar-refractivity contribution is 5.91. The van der Waals surface area contributed by atoms with Crippen LogP contribution < -0.4 is 20.5 Å². The molecule has 0 saturated carbocycles. The lowest BCUT2D eigenvalue weighted by Gasteiger charge is -2.05. The van der Waals surface area contributed by atoms with Gasteiger partial charge in [-0.15, -0.1) is 0 Å². The predicted octanol–water partition coefficient (Wildman–Crippen LogP) is 1.89. The molecule has 2 amide bonds. The highest BCUT2D eigenvalue weighted by Gasteiger charge is 2.00. The number of primary amides is 1. The first kappa shape index (κ1) is 18.1. The second-order valence-corrected chi connectivity index (χ2v) is 5.23. The highest BCUT2D eigenvalue weighted by Crippen LogP contribution is 2.13. The molecule has 0 aromatic heterocycles. The number of methoxy groups -OCH3 is 1. The molecule has 2 aromatic carbocycles. The number of hydrogen-bond acceptors (Lipinski definition) is 4. The molecule has 0 bridgehead atoms. The van der Waals surface area contributed by atoms with Crippen LogP contribution in [0.4, 0.5) is 0 Å². The van der Waals surface area contributed by atoms with Crippen molar-refractivity contribution >= 4 is 17.9 Å². The Morgan fingerprint density at radius 3 is 2.56 bits per heavy atom. The average molecular weight is 340 g/mol. The number of amides is 2. The predicted molar refractivity (Wildman–Crippen MR) is 95.0 cm³/mol. The maximum Gasteiger partial charge on any atom is 0.255 e. The van der Waals surface area contributed by atoms with E-state index in [2.05, 4.69) is 5.32 Å². The van der Waals surface area contributed by atoms with Gasteiger partial charge in [0, 0.05) is 12.6 Å². The van der Waals surface area contributed by atoms with E-state index in [-0.39, 0.29) is 12.5 Å². The van der Waals surface area contributed by atoms with Gasteiger partial charge < -0.3 is 20.5 Å². The van der Waals surface area contributed by atoms with Crippen LogP contribution in [0.1, 0.15) is 11.1 Å². The van der Waals surface area contributed by atoms with E-state index in [1.54, 1.807) is 37.5 Å². The molecule has 0 unspecified atom stereocenters. The second kappa shape index (κ2) is 9.12. The van der Waals surface area contributed by atoms with Gasteiger partial charge >= 0.3 is 0 Å². The fraction of sp³-hybridized carbons (Fsp3) is 0.158. The Hall–Kier alpha value is -3.28.